The molecule has 5 aromatic rings. The summed E-state index contributed by atoms with van der Waals surface area (Å²) in [6, 6.07) is 24.2. The molecular weight excluding hydrogens is 452 g/mol. The molecule has 8 nitrogen and oxygen atoms in total. The van der Waals surface area contributed by atoms with Crippen LogP contribution >= 0.6 is 11.6 Å². The van der Waals surface area contributed by atoms with Crippen molar-refractivity contribution < 1.29 is 9.53 Å². The molecule has 0 saturated carbocycles. The highest BCUT2D eigenvalue weighted by Gasteiger charge is 2.15. The summed E-state index contributed by atoms with van der Waals surface area (Å²) in [5, 5.41) is 14.7. The first-order valence-corrected chi connectivity index (χ1v) is 10.8. The number of amides is 1. The van der Waals surface area contributed by atoms with Crippen molar-refractivity contribution in [3.63, 3.8) is 0 Å². The molecule has 9 heteroatoms. The number of hydrogen-bond acceptors (Lipinski definition) is 6. The minimum absolute atomic E-state index is 0.202. The second kappa shape index (κ2) is 9.60. The molecule has 0 bridgehead atoms. The van der Waals surface area contributed by atoms with Gasteiger partial charge in [-0.2, -0.15) is 5.10 Å². The molecule has 0 radical (unpaired) electrons. The molecule has 0 aliphatic rings. The SMILES string of the molecule is O=C(Nc1ccc(-c2[nH]nc3ncnc(Nc4cccc(Cl)c4)c23)cc1)OCc1ccccc1. The predicted octanol–water partition coefficient (Wildman–Crippen LogP) is 6.17. The first-order valence-electron chi connectivity index (χ1n) is 10.5. The summed E-state index contributed by atoms with van der Waals surface area (Å²) >= 11 is 6.11. The topological polar surface area (TPSA) is 105 Å². The fraction of sp³-hybridized carbons (Fsp3) is 0.0400. The Morgan fingerprint density at radius 2 is 1.76 bits per heavy atom. The lowest BCUT2D eigenvalue weighted by molar-refractivity contribution is 0.155. The van der Waals surface area contributed by atoms with Crippen LogP contribution in [0.2, 0.25) is 5.02 Å². The molecular formula is C25H19ClN6O2. The number of halogens is 1. The average Bonchev–Trinajstić information content (AvgIpc) is 3.29. The van der Waals surface area contributed by atoms with Gasteiger partial charge < -0.3 is 10.1 Å². The maximum atomic E-state index is 12.1. The summed E-state index contributed by atoms with van der Waals surface area (Å²) < 4.78 is 5.27. The van der Waals surface area contributed by atoms with Gasteiger partial charge in [-0.15, -0.1) is 0 Å². The Kier molecular flexibility index (Phi) is 6.05. The maximum absolute atomic E-state index is 12.1. The number of ether oxygens (including phenoxy) is 1. The van der Waals surface area contributed by atoms with Crippen molar-refractivity contribution in [2.75, 3.05) is 10.6 Å². The van der Waals surface area contributed by atoms with Gasteiger partial charge in [-0.1, -0.05) is 60.1 Å². The van der Waals surface area contributed by atoms with E-state index in [1.165, 1.54) is 6.33 Å². The number of aromatic nitrogens is 4. The first-order chi connectivity index (χ1) is 16.7. The summed E-state index contributed by atoms with van der Waals surface area (Å²) in [5.74, 6) is 0.600. The lowest BCUT2D eigenvalue weighted by Crippen LogP contribution is -2.13. The van der Waals surface area contributed by atoms with Crippen LogP contribution < -0.4 is 10.6 Å². The number of fused-ring (bicyclic) bond motifs is 1. The highest BCUT2D eigenvalue weighted by Crippen LogP contribution is 2.32. The van der Waals surface area contributed by atoms with Crippen LogP contribution in [-0.4, -0.2) is 26.3 Å². The van der Waals surface area contributed by atoms with Gasteiger partial charge in [-0.3, -0.25) is 10.4 Å². The van der Waals surface area contributed by atoms with Crippen molar-refractivity contribution >= 4 is 45.9 Å². The van der Waals surface area contributed by atoms with Gasteiger partial charge >= 0.3 is 6.09 Å². The zero-order valence-electron chi connectivity index (χ0n) is 17.8. The third-order valence-electron chi connectivity index (χ3n) is 5.07. The van der Waals surface area contributed by atoms with Gasteiger partial charge in [0, 0.05) is 22.0 Å². The van der Waals surface area contributed by atoms with Gasteiger partial charge in [0.2, 0.25) is 0 Å². The van der Waals surface area contributed by atoms with Crippen molar-refractivity contribution in [2.45, 2.75) is 6.61 Å². The van der Waals surface area contributed by atoms with Crippen LogP contribution in [0.15, 0.2) is 85.2 Å². The number of benzene rings is 3. The van der Waals surface area contributed by atoms with Gasteiger partial charge in [0.05, 0.1) is 11.1 Å². The smallest absolute Gasteiger partial charge is 0.411 e. The average molecular weight is 471 g/mol. The fourth-order valence-electron chi connectivity index (χ4n) is 3.46. The molecule has 0 aliphatic heterocycles. The Bertz CT molecular complexity index is 1440. The number of nitrogens with one attached hydrogen (secondary N) is 3. The summed E-state index contributed by atoms with van der Waals surface area (Å²) in [4.78, 5) is 20.8. The third kappa shape index (κ3) is 4.82. The van der Waals surface area contributed by atoms with Crippen LogP contribution in [0.5, 0.6) is 0 Å². The van der Waals surface area contributed by atoms with Crippen molar-refractivity contribution in [1.29, 1.82) is 0 Å². The number of H-pyrrole nitrogens is 1. The molecule has 2 heterocycles. The largest absolute Gasteiger partial charge is 0.444 e. The molecule has 168 valence electrons. The van der Waals surface area contributed by atoms with Crippen molar-refractivity contribution in [3.05, 3.63) is 95.8 Å². The van der Waals surface area contributed by atoms with E-state index in [4.69, 9.17) is 16.3 Å². The molecule has 0 aliphatic carbocycles. The van der Waals surface area contributed by atoms with Crippen LogP contribution in [0, 0.1) is 0 Å². The number of nitrogens with zero attached hydrogens (tertiary/aromatic N) is 3. The quantitative estimate of drug-likeness (QED) is 0.274. The third-order valence-corrected chi connectivity index (χ3v) is 5.31. The normalized spacial score (nSPS) is 10.7. The predicted molar refractivity (Wildman–Crippen MR) is 132 cm³/mol. The van der Waals surface area contributed by atoms with Gasteiger partial charge in [-0.05, 0) is 35.9 Å². The van der Waals surface area contributed by atoms with Crippen LogP contribution in [0.3, 0.4) is 0 Å². The molecule has 34 heavy (non-hydrogen) atoms. The maximum Gasteiger partial charge on any atom is 0.411 e. The zero-order valence-corrected chi connectivity index (χ0v) is 18.6. The minimum Gasteiger partial charge on any atom is -0.444 e. The van der Waals surface area contributed by atoms with Gasteiger partial charge in [-0.25, -0.2) is 14.8 Å². The zero-order chi connectivity index (χ0) is 23.3. The molecule has 0 spiro atoms. The summed E-state index contributed by atoms with van der Waals surface area (Å²) in [6.07, 6.45) is 0.929. The Morgan fingerprint density at radius 3 is 2.56 bits per heavy atom. The Labute approximate surface area is 200 Å². The Hall–Kier alpha value is -4.43. The van der Waals surface area contributed by atoms with Crippen LogP contribution in [0.1, 0.15) is 5.56 Å². The van der Waals surface area contributed by atoms with Crippen molar-refractivity contribution in [2.24, 2.45) is 0 Å². The van der Waals surface area contributed by atoms with E-state index in [1.807, 2.05) is 60.7 Å². The second-order valence-electron chi connectivity index (χ2n) is 7.42. The van der Waals surface area contributed by atoms with E-state index in [0.717, 1.165) is 27.9 Å². The second-order valence-corrected chi connectivity index (χ2v) is 7.86. The standard InChI is InChI=1S/C25H19ClN6O2/c26-18-7-4-8-20(13-18)29-23-21-22(31-32-24(21)28-15-27-23)17-9-11-19(12-10-17)30-25(33)34-14-16-5-2-1-3-6-16/h1-13,15H,14H2,(H,30,33)(H2,27,28,29,31,32). The van der Waals surface area contributed by atoms with E-state index >= 15 is 0 Å². The molecule has 0 fully saturated rings. The Morgan fingerprint density at radius 1 is 0.941 bits per heavy atom. The van der Waals surface area contributed by atoms with E-state index in [1.54, 1.807) is 18.2 Å². The highest BCUT2D eigenvalue weighted by atomic mass is 35.5. The minimum atomic E-state index is -0.523. The van der Waals surface area contributed by atoms with E-state index in [9.17, 15) is 4.79 Å². The fourth-order valence-corrected chi connectivity index (χ4v) is 3.65. The van der Waals surface area contributed by atoms with Crippen molar-refractivity contribution in [3.8, 4) is 11.3 Å². The van der Waals surface area contributed by atoms with E-state index in [-0.39, 0.29) is 6.61 Å². The van der Waals surface area contributed by atoms with E-state index in [0.29, 0.717) is 22.2 Å². The highest BCUT2D eigenvalue weighted by molar-refractivity contribution is 6.30. The number of aromatic amines is 1. The van der Waals surface area contributed by atoms with E-state index in [2.05, 4.69) is 30.8 Å². The molecule has 0 atom stereocenters. The van der Waals surface area contributed by atoms with Gasteiger partial charge in [0.15, 0.2) is 5.65 Å². The molecule has 2 aromatic heterocycles. The van der Waals surface area contributed by atoms with E-state index < -0.39 is 6.09 Å². The number of rotatable bonds is 6. The summed E-state index contributed by atoms with van der Waals surface area (Å²) in [7, 11) is 0. The molecule has 3 aromatic carbocycles. The molecule has 0 unspecified atom stereocenters. The molecule has 3 N–H and O–H groups in total. The van der Waals surface area contributed by atoms with Crippen molar-refractivity contribution in [1.82, 2.24) is 20.2 Å². The van der Waals surface area contributed by atoms with Crippen LogP contribution in [0.4, 0.5) is 22.0 Å². The number of anilines is 3. The number of carbonyl (C=O) groups excluding carboxylic acids is 1. The van der Waals surface area contributed by atoms with Gasteiger partial charge in [0.25, 0.3) is 0 Å². The lowest BCUT2D eigenvalue weighted by Gasteiger charge is -2.09. The monoisotopic (exact) mass is 470 g/mol. The summed E-state index contributed by atoms with van der Waals surface area (Å²) in [6.45, 7) is 0.202. The summed E-state index contributed by atoms with van der Waals surface area (Å²) in [5.41, 5.74) is 4.46. The number of carbonyl (C=O) groups is 1. The first kappa shape index (κ1) is 21.4. The van der Waals surface area contributed by atoms with Gasteiger partial charge in [0.1, 0.15) is 18.8 Å². The lowest BCUT2D eigenvalue weighted by atomic mass is 10.1. The molecule has 1 amide bonds. The van der Waals surface area contributed by atoms with Crippen LogP contribution in [0.25, 0.3) is 22.3 Å². The number of hydrogen-bond donors (Lipinski definition) is 3. The molecule has 0 saturated heterocycles. The Balaban J connectivity index is 1.33. The molecule has 5 rings (SSSR count). The van der Waals surface area contributed by atoms with Crippen LogP contribution in [-0.2, 0) is 11.3 Å².